The van der Waals surface area contributed by atoms with Crippen molar-refractivity contribution in [2.75, 3.05) is 12.3 Å². The molecule has 0 saturated heterocycles. The van der Waals surface area contributed by atoms with Crippen molar-refractivity contribution in [1.82, 2.24) is 0 Å². The Morgan fingerprint density at radius 2 is 2.17 bits per heavy atom. The van der Waals surface area contributed by atoms with E-state index >= 15 is 0 Å². The minimum absolute atomic E-state index is 0.274. The number of ether oxygens (including phenoxy) is 1. The van der Waals surface area contributed by atoms with Crippen molar-refractivity contribution in [1.29, 1.82) is 0 Å². The molecular formula is C15H19NO2. The van der Waals surface area contributed by atoms with Gasteiger partial charge in [-0.1, -0.05) is 25.0 Å². The van der Waals surface area contributed by atoms with Gasteiger partial charge >= 0.3 is 5.97 Å². The molecule has 1 aliphatic rings. The number of hydrogen-bond acceptors (Lipinski definition) is 3. The van der Waals surface area contributed by atoms with E-state index in [4.69, 9.17) is 10.5 Å². The second-order valence-corrected chi connectivity index (χ2v) is 4.78. The SMILES string of the molecule is Nc1cccc(/C=C/C(=O)OCC2CCCC2)c1. The van der Waals surface area contributed by atoms with E-state index in [0.29, 0.717) is 18.2 Å². The van der Waals surface area contributed by atoms with Gasteiger partial charge in [0, 0.05) is 11.8 Å². The molecule has 0 amide bonds. The number of nitrogen functional groups attached to an aromatic ring is 1. The van der Waals surface area contributed by atoms with E-state index in [1.165, 1.54) is 31.8 Å². The summed E-state index contributed by atoms with van der Waals surface area (Å²) in [6.07, 6.45) is 8.10. The van der Waals surface area contributed by atoms with E-state index in [9.17, 15) is 4.79 Å². The fourth-order valence-corrected chi connectivity index (χ4v) is 2.25. The van der Waals surface area contributed by atoms with E-state index in [1.54, 1.807) is 6.08 Å². The lowest BCUT2D eigenvalue weighted by Crippen LogP contribution is -2.09. The molecule has 1 aromatic rings. The summed E-state index contributed by atoms with van der Waals surface area (Å²) in [4.78, 5) is 11.5. The Balaban J connectivity index is 1.79. The van der Waals surface area contributed by atoms with Gasteiger partial charge in [-0.05, 0) is 42.5 Å². The molecule has 1 fully saturated rings. The van der Waals surface area contributed by atoms with Gasteiger partial charge in [0.1, 0.15) is 0 Å². The fraction of sp³-hybridized carbons (Fsp3) is 0.400. The monoisotopic (exact) mass is 245 g/mol. The number of anilines is 1. The van der Waals surface area contributed by atoms with Gasteiger partial charge in [-0.3, -0.25) is 0 Å². The van der Waals surface area contributed by atoms with Crippen molar-refractivity contribution in [2.24, 2.45) is 5.92 Å². The fourth-order valence-electron chi connectivity index (χ4n) is 2.25. The van der Waals surface area contributed by atoms with E-state index < -0.39 is 0 Å². The maximum Gasteiger partial charge on any atom is 0.330 e. The highest BCUT2D eigenvalue weighted by Crippen LogP contribution is 2.24. The molecule has 1 aromatic carbocycles. The lowest BCUT2D eigenvalue weighted by Gasteiger charge is -2.07. The highest BCUT2D eigenvalue weighted by atomic mass is 16.5. The van der Waals surface area contributed by atoms with Gasteiger partial charge in [-0.2, -0.15) is 0 Å². The van der Waals surface area contributed by atoms with Crippen molar-refractivity contribution in [3.8, 4) is 0 Å². The summed E-state index contributed by atoms with van der Waals surface area (Å²) in [5.74, 6) is 0.291. The number of carbonyl (C=O) groups is 1. The summed E-state index contributed by atoms with van der Waals surface area (Å²) >= 11 is 0. The summed E-state index contributed by atoms with van der Waals surface area (Å²) in [6.45, 7) is 0.556. The molecular weight excluding hydrogens is 226 g/mol. The molecule has 1 aliphatic carbocycles. The van der Waals surface area contributed by atoms with Gasteiger partial charge in [0.2, 0.25) is 0 Å². The first kappa shape index (κ1) is 12.7. The number of hydrogen-bond donors (Lipinski definition) is 1. The topological polar surface area (TPSA) is 52.3 Å². The van der Waals surface area contributed by atoms with Crippen LogP contribution >= 0.6 is 0 Å². The third-order valence-electron chi connectivity index (χ3n) is 3.26. The molecule has 2 rings (SSSR count). The minimum Gasteiger partial charge on any atom is -0.462 e. The van der Waals surface area contributed by atoms with Crippen molar-refractivity contribution < 1.29 is 9.53 Å². The Labute approximate surface area is 108 Å². The quantitative estimate of drug-likeness (QED) is 0.504. The second-order valence-electron chi connectivity index (χ2n) is 4.78. The maximum absolute atomic E-state index is 11.5. The second kappa shape index (κ2) is 6.24. The zero-order valence-electron chi connectivity index (χ0n) is 10.5. The number of nitrogens with two attached hydrogens (primary N) is 1. The van der Waals surface area contributed by atoms with Crippen molar-refractivity contribution in [3.63, 3.8) is 0 Å². The van der Waals surface area contributed by atoms with E-state index in [-0.39, 0.29) is 5.97 Å². The Bertz CT molecular complexity index is 434. The van der Waals surface area contributed by atoms with Crippen molar-refractivity contribution >= 4 is 17.7 Å². The number of benzene rings is 1. The normalized spacial score (nSPS) is 16.2. The van der Waals surface area contributed by atoms with Crippen LogP contribution in [0.25, 0.3) is 6.08 Å². The summed E-state index contributed by atoms with van der Waals surface area (Å²) < 4.78 is 5.22. The molecule has 0 bridgehead atoms. The van der Waals surface area contributed by atoms with Crippen LogP contribution in [0.5, 0.6) is 0 Å². The molecule has 0 heterocycles. The zero-order chi connectivity index (χ0) is 12.8. The number of esters is 1. The average Bonchev–Trinajstić information content (AvgIpc) is 2.87. The van der Waals surface area contributed by atoms with Crippen LogP contribution in [0.1, 0.15) is 31.2 Å². The first-order valence-electron chi connectivity index (χ1n) is 6.44. The molecule has 2 N–H and O–H groups in total. The van der Waals surface area contributed by atoms with E-state index in [2.05, 4.69) is 0 Å². The summed E-state index contributed by atoms with van der Waals surface area (Å²) in [5, 5.41) is 0. The van der Waals surface area contributed by atoms with Gasteiger partial charge in [0.05, 0.1) is 6.61 Å². The molecule has 1 saturated carbocycles. The van der Waals surface area contributed by atoms with Gasteiger partial charge in [-0.25, -0.2) is 4.79 Å². The first-order chi connectivity index (χ1) is 8.74. The van der Waals surface area contributed by atoms with Crippen LogP contribution in [0.4, 0.5) is 5.69 Å². The molecule has 3 heteroatoms. The zero-order valence-corrected chi connectivity index (χ0v) is 10.5. The Hall–Kier alpha value is -1.77. The summed E-state index contributed by atoms with van der Waals surface area (Å²) in [5.41, 5.74) is 7.26. The van der Waals surface area contributed by atoms with Gasteiger partial charge in [-0.15, -0.1) is 0 Å². The molecule has 0 radical (unpaired) electrons. The number of rotatable bonds is 4. The number of carbonyl (C=O) groups excluding carboxylic acids is 1. The molecule has 18 heavy (non-hydrogen) atoms. The summed E-state index contributed by atoms with van der Waals surface area (Å²) in [6, 6.07) is 7.40. The van der Waals surface area contributed by atoms with Crippen LogP contribution < -0.4 is 5.73 Å². The Morgan fingerprint density at radius 3 is 2.89 bits per heavy atom. The van der Waals surface area contributed by atoms with Crippen LogP contribution in [0.3, 0.4) is 0 Å². The third-order valence-corrected chi connectivity index (χ3v) is 3.26. The smallest absolute Gasteiger partial charge is 0.330 e. The molecule has 0 aromatic heterocycles. The van der Waals surface area contributed by atoms with Crippen molar-refractivity contribution in [3.05, 3.63) is 35.9 Å². The largest absolute Gasteiger partial charge is 0.462 e. The Kier molecular flexibility index (Phi) is 4.40. The van der Waals surface area contributed by atoms with Crippen LogP contribution in [0.2, 0.25) is 0 Å². The van der Waals surface area contributed by atoms with Crippen LogP contribution in [0.15, 0.2) is 30.3 Å². The first-order valence-corrected chi connectivity index (χ1v) is 6.44. The third kappa shape index (κ3) is 3.91. The minimum atomic E-state index is -0.274. The van der Waals surface area contributed by atoms with Crippen LogP contribution in [-0.2, 0) is 9.53 Å². The van der Waals surface area contributed by atoms with E-state index in [1.807, 2.05) is 24.3 Å². The molecule has 0 atom stereocenters. The molecule has 3 nitrogen and oxygen atoms in total. The standard InChI is InChI=1S/C15H19NO2/c16-14-7-3-6-12(10-14)8-9-15(17)18-11-13-4-1-2-5-13/h3,6-10,13H,1-2,4-5,11,16H2/b9-8+. The van der Waals surface area contributed by atoms with E-state index in [0.717, 1.165) is 5.56 Å². The highest BCUT2D eigenvalue weighted by molar-refractivity contribution is 5.87. The predicted octanol–water partition coefficient (Wildman–Crippen LogP) is 3.02. The molecule has 0 aliphatic heterocycles. The summed E-state index contributed by atoms with van der Waals surface area (Å²) in [7, 11) is 0. The van der Waals surface area contributed by atoms with Crippen LogP contribution in [-0.4, -0.2) is 12.6 Å². The van der Waals surface area contributed by atoms with Gasteiger partial charge < -0.3 is 10.5 Å². The Morgan fingerprint density at radius 1 is 1.39 bits per heavy atom. The van der Waals surface area contributed by atoms with Gasteiger partial charge in [0.25, 0.3) is 0 Å². The van der Waals surface area contributed by atoms with Crippen molar-refractivity contribution in [2.45, 2.75) is 25.7 Å². The molecule has 0 unspecified atom stereocenters. The van der Waals surface area contributed by atoms with Crippen LogP contribution in [0, 0.1) is 5.92 Å². The van der Waals surface area contributed by atoms with Gasteiger partial charge in [0.15, 0.2) is 0 Å². The highest BCUT2D eigenvalue weighted by Gasteiger charge is 2.16. The lowest BCUT2D eigenvalue weighted by atomic mass is 10.1. The lowest BCUT2D eigenvalue weighted by molar-refractivity contribution is -0.138. The average molecular weight is 245 g/mol. The molecule has 96 valence electrons. The maximum atomic E-state index is 11.5. The predicted molar refractivity (Wildman–Crippen MR) is 72.8 cm³/mol. The molecule has 0 spiro atoms.